The Morgan fingerprint density at radius 1 is 1.18 bits per heavy atom. The van der Waals surface area contributed by atoms with E-state index in [9.17, 15) is 4.39 Å². The molecule has 0 unspecified atom stereocenters. The summed E-state index contributed by atoms with van der Waals surface area (Å²) in [5, 5.41) is 10.5. The number of nitrogens with zero attached hydrogens (tertiary/aromatic N) is 3. The van der Waals surface area contributed by atoms with Crippen LogP contribution in [0.25, 0.3) is 10.9 Å². The monoisotopic (exact) mass is 465 g/mol. The van der Waals surface area contributed by atoms with Crippen LogP contribution in [0.3, 0.4) is 0 Å². The Morgan fingerprint density at radius 3 is 2.76 bits per heavy atom. The van der Waals surface area contributed by atoms with Crippen LogP contribution in [-0.2, 0) is 13.0 Å². The van der Waals surface area contributed by atoms with Crippen molar-refractivity contribution < 1.29 is 8.81 Å². The summed E-state index contributed by atoms with van der Waals surface area (Å²) in [6.07, 6.45) is 4.09. The normalized spacial score (nSPS) is 11.5. The fourth-order valence-electron chi connectivity index (χ4n) is 3.38. The van der Waals surface area contributed by atoms with E-state index in [1.54, 1.807) is 12.3 Å². The molecule has 0 aliphatic carbocycles. The summed E-state index contributed by atoms with van der Waals surface area (Å²) < 4.78 is 19.0. The van der Waals surface area contributed by atoms with Gasteiger partial charge in [0.15, 0.2) is 5.11 Å². The number of anilines is 1. The number of nitrogens with one attached hydrogen (secondary N) is 4. The van der Waals surface area contributed by atoms with Crippen molar-refractivity contribution >= 4 is 40.1 Å². The van der Waals surface area contributed by atoms with Gasteiger partial charge in [0, 0.05) is 35.0 Å². The molecule has 8 nitrogen and oxygen atoms in total. The number of furan rings is 1. The van der Waals surface area contributed by atoms with Crippen LogP contribution < -0.4 is 16.0 Å². The van der Waals surface area contributed by atoms with Crippen LogP contribution in [0.4, 0.5) is 10.3 Å². The van der Waals surface area contributed by atoms with Crippen LogP contribution in [0, 0.1) is 19.7 Å². The smallest absolute Gasteiger partial charge is 0.229 e. The lowest BCUT2D eigenvalue weighted by atomic mass is 10.1. The number of aromatic amines is 1. The summed E-state index contributed by atoms with van der Waals surface area (Å²) >= 11 is 5.41. The van der Waals surface area contributed by atoms with Gasteiger partial charge in [-0.3, -0.25) is 10.3 Å². The maximum absolute atomic E-state index is 13.7. The minimum Gasteiger partial charge on any atom is -0.467 e. The van der Waals surface area contributed by atoms with Crippen LogP contribution in [-0.4, -0.2) is 32.6 Å². The molecule has 1 aromatic carbocycles. The molecule has 0 saturated heterocycles. The van der Waals surface area contributed by atoms with Crippen molar-refractivity contribution in [1.29, 1.82) is 0 Å². The first-order valence-electron chi connectivity index (χ1n) is 10.4. The first-order valence-corrected chi connectivity index (χ1v) is 10.8. The van der Waals surface area contributed by atoms with Crippen LogP contribution >= 0.6 is 12.2 Å². The molecule has 33 heavy (non-hydrogen) atoms. The highest BCUT2D eigenvalue weighted by molar-refractivity contribution is 7.80. The summed E-state index contributed by atoms with van der Waals surface area (Å²) in [6, 6.07) is 10.3. The summed E-state index contributed by atoms with van der Waals surface area (Å²) in [7, 11) is 0. The van der Waals surface area contributed by atoms with Crippen molar-refractivity contribution in [1.82, 2.24) is 25.6 Å². The molecule has 4 rings (SSSR count). The summed E-state index contributed by atoms with van der Waals surface area (Å²) in [5.74, 6) is 1.32. The van der Waals surface area contributed by atoms with Crippen LogP contribution in [0.5, 0.6) is 0 Å². The fourth-order valence-corrected chi connectivity index (χ4v) is 3.54. The second kappa shape index (κ2) is 10.2. The second-order valence-corrected chi connectivity index (χ2v) is 7.88. The first-order chi connectivity index (χ1) is 16.0. The number of rotatable bonds is 6. The minimum atomic E-state index is -0.268. The number of aryl methyl sites for hydroxylation is 2. The SMILES string of the molecule is Cc1cc(C)nc(NC(=NCCc2c[nH]c3ccc(F)cc23)NC(=S)NCc2ccco2)n1. The van der Waals surface area contributed by atoms with Crippen molar-refractivity contribution in [2.45, 2.75) is 26.8 Å². The predicted molar refractivity (Wildman–Crippen MR) is 131 cm³/mol. The molecule has 0 aliphatic heterocycles. The Morgan fingerprint density at radius 2 is 2.00 bits per heavy atom. The Hall–Kier alpha value is -3.79. The molecule has 170 valence electrons. The fraction of sp³-hybridized carbons (Fsp3) is 0.217. The molecule has 0 amide bonds. The van der Waals surface area contributed by atoms with Crippen molar-refractivity contribution in [3.05, 3.63) is 77.4 Å². The zero-order chi connectivity index (χ0) is 23.2. The quantitative estimate of drug-likeness (QED) is 0.194. The number of benzene rings is 1. The average Bonchev–Trinajstić information content (AvgIpc) is 3.41. The van der Waals surface area contributed by atoms with Crippen molar-refractivity contribution in [3.8, 4) is 0 Å². The molecule has 4 N–H and O–H groups in total. The zero-order valence-corrected chi connectivity index (χ0v) is 19.1. The molecule has 0 atom stereocenters. The van der Waals surface area contributed by atoms with Gasteiger partial charge in [-0.15, -0.1) is 0 Å². The largest absolute Gasteiger partial charge is 0.467 e. The Labute approximate surface area is 195 Å². The van der Waals surface area contributed by atoms with Gasteiger partial charge in [0.1, 0.15) is 11.6 Å². The van der Waals surface area contributed by atoms with Gasteiger partial charge in [0.2, 0.25) is 11.9 Å². The van der Waals surface area contributed by atoms with E-state index in [0.29, 0.717) is 36.5 Å². The Kier molecular flexibility index (Phi) is 6.94. The van der Waals surface area contributed by atoms with E-state index in [1.807, 2.05) is 38.2 Å². The lowest BCUT2D eigenvalue weighted by Gasteiger charge is -2.14. The topological polar surface area (TPSA) is 103 Å². The van der Waals surface area contributed by atoms with Gasteiger partial charge in [-0.1, -0.05) is 0 Å². The lowest BCUT2D eigenvalue weighted by Crippen LogP contribution is -2.42. The number of hydrogen-bond donors (Lipinski definition) is 4. The molecule has 0 spiro atoms. The summed E-state index contributed by atoms with van der Waals surface area (Å²) in [5.41, 5.74) is 3.54. The molecular formula is C23H24FN7OS. The third kappa shape index (κ3) is 6.13. The third-order valence-electron chi connectivity index (χ3n) is 4.83. The van der Waals surface area contributed by atoms with E-state index in [-0.39, 0.29) is 5.82 Å². The number of halogens is 1. The number of fused-ring (bicyclic) bond motifs is 1. The van der Waals surface area contributed by atoms with E-state index in [4.69, 9.17) is 16.6 Å². The molecule has 4 aromatic rings. The van der Waals surface area contributed by atoms with Crippen LogP contribution in [0.15, 0.2) is 58.3 Å². The summed E-state index contributed by atoms with van der Waals surface area (Å²) in [6.45, 7) is 4.67. The lowest BCUT2D eigenvalue weighted by molar-refractivity contribution is 0.503. The molecule has 0 saturated carbocycles. The molecule has 0 bridgehead atoms. The zero-order valence-electron chi connectivity index (χ0n) is 18.3. The molecule has 0 fully saturated rings. The molecule has 0 radical (unpaired) electrons. The van der Waals surface area contributed by atoms with E-state index in [0.717, 1.165) is 33.6 Å². The van der Waals surface area contributed by atoms with Crippen molar-refractivity contribution in [2.75, 3.05) is 11.9 Å². The Bertz CT molecular complexity index is 1260. The van der Waals surface area contributed by atoms with Gasteiger partial charge in [-0.05, 0) is 74.4 Å². The number of aliphatic imine (C=N–C) groups is 1. The van der Waals surface area contributed by atoms with Gasteiger partial charge in [-0.25, -0.2) is 14.4 Å². The van der Waals surface area contributed by atoms with Gasteiger partial charge >= 0.3 is 0 Å². The molecule has 10 heteroatoms. The van der Waals surface area contributed by atoms with E-state index in [1.165, 1.54) is 12.1 Å². The highest BCUT2D eigenvalue weighted by Gasteiger charge is 2.09. The number of aromatic nitrogens is 3. The second-order valence-electron chi connectivity index (χ2n) is 7.47. The van der Waals surface area contributed by atoms with E-state index in [2.05, 4.69) is 35.9 Å². The van der Waals surface area contributed by atoms with Crippen LogP contribution in [0.1, 0.15) is 22.7 Å². The van der Waals surface area contributed by atoms with E-state index >= 15 is 0 Å². The summed E-state index contributed by atoms with van der Waals surface area (Å²) in [4.78, 5) is 16.6. The highest BCUT2D eigenvalue weighted by Crippen LogP contribution is 2.19. The van der Waals surface area contributed by atoms with Gasteiger partial charge < -0.3 is 20.0 Å². The highest BCUT2D eigenvalue weighted by atomic mass is 32.1. The average molecular weight is 466 g/mol. The third-order valence-corrected chi connectivity index (χ3v) is 5.07. The number of hydrogen-bond acceptors (Lipinski definition) is 5. The molecule has 3 aromatic heterocycles. The predicted octanol–water partition coefficient (Wildman–Crippen LogP) is 3.98. The Balaban J connectivity index is 1.47. The number of guanidine groups is 1. The standard InChI is InChI=1S/C23H24FN7OS/c1-14-10-15(2)29-22(28-14)30-21(31-23(33)27-13-18-4-3-9-32-18)25-8-7-16-12-26-20-6-5-17(24)11-19(16)20/h3-6,9-12,26H,7-8,13H2,1-2H3,(H3,25,27,28,29,30,31,33). The first kappa shape index (κ1) is 22.4. The van der Waals surface area contributed by atoms with Crippen molar-refractivity contribution in [3.63, 3.8) is 0 Å². The molecule has 3 heterocycles. The van der Waals surface area contributed by atoms with Crippen molar-refractivity contribution in [2.24, 2.45) is 4.99 Å². The minimum absolute atomic E-state index is 0.268. The van der Waals surface area contributed by atoms with Gasteiger partial charge in [0.25, 0.3) is 0 Å². The number of thiocarbonyl (C=S) groups is 1. The molecular weight excluding hydrogens is 441 g/mol. The van der Waals surface area contributed by atoms with Gasteiger partial charge in [-0.2, -0.15) is 0 Å². The van der Waals surface area contributed by atoms with Crippen LogP contribution in [0.2, 0.25) is 0 Å². The van der Waals surface area contributed by atoms with E-state index < -0.39 is 0 Å². The number of H-pyrrole nitrogens is 1. The maximum Gasteiger partial charge on any atom is 0.229 e. The van der Waals surface area contributed by atoms with Gasteiger partial charge in [0.05, 0.1) is 12.8 Å². The maximum atomic E-state index is 13.7. The molecule has 0 aliphatic rings.